The molecule has 0 unspecified atom stereocenters. The number of phenolic OH excluding ortho intramolecular Hbond substituents is 5. The molecule has 0 radical (unpaired) electrons. The summed E-state index contributed by atoms with van der Waals surface area (Å²) in [7, 11) is 0. The minimum absolute atomic E-state index is 0.0191. The molecule has 7 heteroatoms. The standard InChI is InChI=1S/C17H15BrO6/c1-7(2)3-8-4-12(19)13(20)6-9(8)14(21)10-5-11(18)16(23)17(24)15(10)22/h4-6,19-20,22-24H,1,3H2,2H3. The van der Waals surface area contributed by atoms with Crippen molar-refractivity contribution in [3.05, 3.63) is 51.5 Å². The van der Waals surface area contributed by atoms with E-state index in [0.29, 0.717) is 11.1 Å². The largest absolute Gasteiger partial charge is 0.504 e. The second-order valence-electron chi connectivity index (χ2n) is 5.41. The average molecular weight is 395 g/mol. The van der Waals surface area contributed by atoms with Gasteiger partial charge in [0, 0.05) is 5.56 Å². The Kier molecular flexibility index (Phi) is 4.75. The van der Waals surface area contributed by atoms with Crippen LogP contribution in [0.25, 0.3) is 0 Å². The quantitative estimate of drug-likeness (QED) is 0.308. The molecule has 0 heterocycles. The molecule has 0 bridgehead atoms. The number of benzene rings is 2. The summed E-state index contributed by atoms with van der Waals surface area (Å²) in [5, 5.41) is 48.5. The van der Waals surface area contributed by atoms with E-state index in [1.54, 1.807) is 6.92 Å². The molecule has 24 heavy (non-hydrogen) atoms. The first-order valence-electron chi connectivity index (χ1n) is 6.80. The fraction of sp³-hybridized carbons (Fsp3) is 0.118. The van der Waals surface area contributed by atoms with E-state index in [1.165, 1.54) is 6.07 Å². The molecular weight excluding hydrogens is 380 g/mol. The number of allylic oxidation sites excluding steroid dienone is 1. The van der Waals surface area contributed by atoms with E-state index < -0.39 is 28.8 Å². The van der Waals surface area contributed by atoms with Gasteiger partial charge in [0.15, 0.2) is 28.8 Å². The van der Waals surface area contributed by atoms with Crippen molar-refractivity contribution < 1.29 is 30.3 Å². The van der Waals surface area contributed by atoms with E-state index in [4.69, 9.17) is 0 Å². The van der Waals surface area contributed by atoms with Crippen LogP contribution in [0.15, 0.2) is 34.8 Å². The van der Waals surface area contributed by atoms with Crippen LogP contribution in [0, 0.1) is 0 Å². The third-order valence-electron chi connectivity index (χ3n) is 3.38. The monoisotopic (exact) mass is 394 g/mol. The maximum Gasteiger partial charge on any atom is 0.202 e. The van der Waals surface area contributed by atoms with Gasteiger partial charge in [0.1, 0.15) is 0 Å². The highest BCUT2D eigenvalue weighted by molar-refractivity contribution is 9.10. The van der Waals surface area contributed by atoms with Crippen LogP contribution in [-0.2, 0) is 6.42 Å². The molecule has 2 aromatic carbocycles. The van der Waals surface area contributed by atoms with Gasteiger partial charge >= 0.3 is 0 Å². The van der Waals surface area contributed by atoms with Gasteiger partial charge in [-0.15, -0.1) is 0 Å². The zero-order valence-corrected chi connectivity index (χ0v) is 14.3. The molecule has 0 amide bonds. The van der Waals surface area contributed by atoms with Crippen LogP contribution in [0.3, 0.4) is 0 Å². The molecule has 0 atom stereocenters. The molecule has 0 aliphatic carbocycles. The van der Waals surface area contributed by atoms with Crippen molar-refractivity contribution in [1.29, 1.82) is 0 Å². The number of hydrogen-bond acceptors (Lipinski definition) is 6. The number of halogens is 1. The van der Waals surface area contributed by atoms with Crippen LogP contribution in [0.5, 0.6) is 28.7 Å². The number of carbonyl (C=O) groups is 1. The third-order valence-corrected chi connectivity index (χ3v) is 3.99. The molecule has 0 aromatic heterocycles. The van der Waals surface area contributed by atoms with E-state index in [0.717, 1.165) is 12.1 Å². The first-order valence-corrected chi connectivity index (χ1v) is 7.60. The van der Waals surface area contributed by atoms with Crippen molar-refractivity contribution >= 4 is 21.7 Å². The van der Waals surface area contributed by atoms with Crippen molar-refractivity contribution in [2.24, 2.45) is 0 Å². The van der Waals surface area contributed by atoms with Gasteiger partial charge in [-0.2, -0.15) is 0 Å². The van der Waals surface area contributed by atoms with Crippen LogP contribution in [0.2, 0.25) is 0 Å². The van der Waals surface area contributed by atoms with E-state index in [9.17, 15) is 30.3 Å². The topological polar surface area (TPSA) is 118 Å². The summed E-state index contributed by atoms with van der Waals surface area (Å²) < 4.78 is 0.0191. The zero-order chi connectivity index (χ0) is 18.2. The van der Waals surface area contributed by atoms with Gasteiger partial charge in [-0.3, -0.25) is 4.79 Å². The van der Waals surface area contributed by atoms with Crippen LogP contribution < -0.4 is 0 Å². The number of phenols is 5. The van der Waals surface area contributed by atoms with Crippen LogP contribution in [0.4, 0.5) is 0 Å². The molecule has 6 nitrogen and oxygen atoms in total. The highest BCUT2D eigenvalue weighted by Crippen LogP contribution is 2.44. The van der Waals surface area contributed by atoms with E-state index in [1.807, 2.05) is 0 Å². The first-order chi connectivity index (χ1) is 11.1. The molecule has 5 N–H and O–H groups in total. The average Bonchev–Trinajstić information content (AvgIpc) is 2.51. The number of carbonyl (C=O) groups excluding carboxylic acids is 1. The summed E-state index contributed by atoms with van der Waals surface area (Å²) in [6.07, 6.45) is 0.265. The van der Waals surface area contributed by atoms with Crippen LogP contribution >= 0.6 is 15.9 Å². The summed E-state index contributed by atoms with van der Waals surface area (Å²) in [5.74, 6) is -3.80. The highest BCUT2D eigenvalue weighted by Gasteiger charge is 2.24. The summed E-state index contributed by atoms with van der Waals surface area (Å²) in [4.78, 5) is 12.8. The molecule has 2 aromatic rings. The fourth-order valence-corrected chi connectivity index (χ4v) is 2.65. The number of rotatable bonds is 4. The maximum atomic E-state index is 12.8. The minimum atomic E-state index is -0.836. The third kappa shape index (κ3) is 3.16. The number of aromatic hydroxyl groups is 5. The maximum absolute atomic E-state index is 12.8. The number of hydrogen-bond donors (Lipinski definition) is 5. The Morgan fingerprint density at radius 3 is 2.12 bits per heavy atom. The molecule has 0 aliphatic heterocycles. The summed E-state index contributed by atoms with van der Waals surface area (Å²) in [6, 6.07) is 3.47. The second kappa shape index (κ2) is 6.45. The Balaban J connectivity index is 2.66. The van der Waals surface area contributed by atoms with Crippen LogP contribution in [-0.4, -0.2) is 31.3 Å². The summed E-state index contributed by atoms with van der Waals surface area (Å²) in [6.45, 7) is 5.48. The normalized spacial score (nSPS) is 10.6. The second-order valence-corrected chi connectivity index (χ2v) is 6.27. The summed E-state index contributed by atoms with van der Waals surface area (Å²) in [5.41, 5.74) is 0.866. The van der Waals surface area contributed by atoms with E-state index in [-0.39, 0.29) is 27.8 Å². The SMILES string of the molecule is C=C(C)Cc1cc(O)c(O)cc1C(=O)c1cc(Br)c(O)c(O)c1O. The van der Waals surface area contributed by atoms with E-state index >= 15 is 0 Å². The van der Waals surface area contributed by atoms with Gasteiger partial charge < -0.3 is 25.5 Å². The Morgan fingerprint density at radius 2 is 1.54 bits per heavy atom. The van der Waals surface area contributed by atoms with Gasteiger partial charge in [-0.05, 0) is 53.0 Å². The molecule has 0 saturated carbocycles. The molecule has 126 valence electrons. The van der Waals surface area contributed by atoms with Crippen molar-refractivity contribution in [2.75, 3.05) is 0 Å². The van der Waals surface area contributed by atoms with Crippen LogP contribution in [0.1, 0.15) is 28.4 Å². The molecular formula is C17H15BrO6. The van der Waals surface area contributed by atoms with Crippen molar-refractivity contribution in [2.45, 2.75) is 13.3 Å². The van der Waals surface area contributed by atoms with Gasteiger partial charge in [0.25, 0.3) is 0 Å². The Hall–Kier alpha value is -2.67. The van der Waals surface area contributed by atoms with Gasteiger partial charge in [-0.1, -0.05) is 12.2 Å². The lowest BCUT2D eigenvalue weighted by Crippen LogP contribution is -2.07. The van der Waals surface area contributed by atoms with Gasteiger partial charge in [-0.25, -0.2) is 0 Å². The molecule has 2 rings (SSSR count). The minimum Gasteiger partial charge on any atom is -0.504 e. The lowest BCUT2D eigenvalue weighted by molar-refractivity contribution is 0.103. The highest BCUT2D eigenvalue weighted by atomic mass is 79.9. The Bertz CT molecular complexity index is 857. The first kappa shape index (κ1) is 17.7. The van der Waals surface area contributed by atoms with Gasteiger partial charge in [0.05, 0.1) is 10.0 Å². The van der Waals surface area contributed by atoms with E-state index in [2.05, 4.69) is 22.5 Å². The molecule has 0 saturated heterocycles. The molecule has 0 spiro atoms. The number of ketones is 1. The summed E-state index contributed by atoms with van der Waals surface area (Å²) >= 11 is 2.98. The predicted octanol–water partition coefficient (Wildman–Crippen LogP) is 3.33. The Morgan fingerprint density at radius 1 is 0.958 bits per heavy atom. The zero-order valence-electron chi connectivity index (χ0n) is 12.7. The fourth-order valence-electron chi connectivity index (χ4n) is 2.24. The van der Waals surface area contributed by atoms with Crippen molar-refractivity contribution in [3.63, 3.8) is 0 Å². The smallest absolute Gasteiger partial charge is 0.202 e. The van der Waals surface area contributed by atoms with Crippen molar-refractivity contribution in [1.82, 2.24) is 0 Å². The lowest BCUT2D eigenvalue weighted by atomic mass is 9.93. The van der Waals surface area contributed by atoms with Gasteiger partial charge in [0.2, 0.25) is 5.75 Å². The lowest BCUT2D eigenvalue weighted by Gasteiger charge is -2.13. The predicted molar refractivity (Wildman–Crippen MR) is 90.9 cm³/mol. The Labute approximate surface area is 146 Å². The van der Waals surface area contributed by atoms with Crippen molar-refractivity contribution in [3.8, 4) is 28.7 Å². The molecule has 0 aliphatic rings. The molecule has 0 fully saturated rings.